The molecule has 0 aliphatic rings. The molecule has 4 nitrogen and oxygen atoms in total. The highest BCUT2D eigenvalue weighted by molar-refractivity contribution is 9.10. The summed E-state index contributed by atoms with van der Waals surface area (Å²) in [6.07, 6.45) is 1.54. The number of aromatic hydroxyl groups is 1. The van der Waals surface area contributed by atoms with Crippen molar-refractivity contribution in [2.45, 2.75) is 0 Å². The molecule has 3 aromatic rings. The predicted molar refractivity (Wildman–Crippen MR) is 94.8 cm³/mol. The molecular weight excluding hydrogens is 356 g/mol. The molecule has 1 amide bonds. The predicted octanol–water partition coefficient (Wildman–Crippen LogP) is 4.07. The topological polar surface area (TPSA) is 61.7 Å². The van der Waals surface area contributed by atoms with Crippen LogP contribution in [0.2, 0.25) is 0 Å². The summed E-state index contributed by atoms with van der Waals surface area (Å²) in [4.78, 5) is 12.2. The smallest absolute Gasteiger partial charge is 0.275 e. The third kappa shape index (κ3) is 3.57. The monoisotopic (exact) mass is 368 g/mol. The van der Waals surface area contributed by atoms with E-state index in [4.69, 9.17) is 0 Å². The van der Waals surface area contributed by atoms with Crippen LogP contribution in [0.5, 0.6) is 5.75 Å². The number of nitrogens with zero attached hydrogens (tertiary/aromatic N) is 1. The quantitative estimate of drug-likeness (QED) is 0.540. The summed E-state index contributed by atoms with van der Waals surface area (Å²) in [5.74, 6) is -0.526. The van der Waals surface area contributed by atoms with Gasteiger partial charge in [0.1, 0.15) is 5.75 Å². The molecule has 2 N–H and O–H groups in total. The number of amides is 1. The lowest BCUT2D eigenvalue weighted by molar-refractivity contribution is 0.0952. The summed E-state index contributed by atoms with van der Waals surface area (Å²) in [5.41, 5.74) is 3.48. The van der Waals surface area contributed by atoms with Crippen LogP contribution in [0, 0.1) is 0 Å². The third-order valence-corrected chi connectivity index (χ3v) is 3.89. The van der Waals surface area contributed by atoms with Crippen LogP contribution < -0.4 is 5.43 Å². The van der Waals surface area contributed by atoms with Crippen LogP contribution in [0.4, 0.5) is 0 Å². The van der Waals surface area contributed by atoms with Crippen LogP contribution in [-0.2, 0) is 0 Å². The maximum Gasteiger partial charge on any atom is 0.275 e. The molecule has 0 atom stereocenters. The first kappa shape index (κ1) is 15.2. The van der Waals surface area contributed by atoms with Gasteiger partial charge in [-0.2, -0.15) is 5.10 Å². The van der Waals surface area contributed by atoms with Gasteiger partial charge < -0.3 is 5.11 Å². The lowest BCUT2D eigenvalue weighted by Gasteiger charge is -2.05. The summed E-state index contributed by atoms with van der Waals surface area (Å²) >= 11 is 3.35. The van der Waals surface area contributed by atoms with Gasteiger partial charge in [0.25, 0.3) is 5.91 Å². The first-order valence-electron chi connectivity index (χ1n) is 6.94. The normalized spacial score (nSPS) is 11.0. The van der Waals surface area contributed by atoms with Crippen LogP contribution in [0.1, 0.15) is 15.9 Å². The van der Waals surface area contributed by atoms with E-state index in [9.17, 15) is 9.90 Å². The number of hydrazone groups is 1. The highest BCUT2D eigenvalue weighted by atomic mass is 79.9. The summed E-state index contributed by atoms with van der Waals surface area (Å²) in [6.45, 7) is 0. The number of nitrogens with one attached hydrogen (secondary N) is 1. The second kappa shape index (κ2) is 6.62. The van der Waals surface area contributed by atoms with E-state index in [2.05, 4.69) is 26.5 Å². The molecule has 0 unspecified atom stereocenters. The Morgan fingerprint density at radius 2 is 1.70 bits per heavy atom. The molecule has 0 aliphatic heterocycles. The van der Waals surface area contributed by atoms with Gasteiger partial charge in [-0.05, 0) is 40.6 Å². The van der Waals surface area contributed by atoms with Gasteiger partial charge in [0.15, 0.2) is 0 Å². The van der Waals surface area contributed by atoms with Crippen molar-refractivity contribution >= 4 is 38.8 Å². The van der Waals surface area contributed by atoms with E-state index >= 15 is 0 Å². The van der Waals surface area contributed by atoms with E-state index in [0.29, 0.717) is 0 Å². The number of rotatable bonds is 3. The van der Waals surface area contributed by atoms with E-state index in [1.807, 2.05) is 48.5 Å². The third-order valence-electron chi connectivity index (χ3n) is 3.36. The van der Waals surface area contributed by atoms with Crippen LogP contribution in [-0.4, -0.2) is 17.2 Å². The van der Waals surface area contributed by atoms with Crippen LogP contribution in [0.15, 0.2) is 70.2 Å². The number of carbonyl (C=O) groups excluding carboxylic acids is 1. The first-order valence-corrected chi connectivity index (χ1v) is 7.73. The molecule has 0 saturated carbocycles. The maximum absolute atomic E-state index is 12.2. The van der Waals surface area contributed by atoms with Gasteiger partial charge in [-0.15, -0.1) is 0 Å². The zero-order valence-corrected chi connectivity index (χ0v) is 13.6. The fraction of sp³-hybridized carbons (Fsp3) is 0. The van der Waals surface area contributed by atoms with Crippen LogP contribution in [0.3, 0.4) is 0 Å². The standard InChI is InChI=1S/C18H13BrN2O2/c19-15-7-5-12(6-8-15)11-20-21-18(23)16-9-13-3-1-2-4-14(13)10-17(16)22/h1-11,22H,(H,21,23)/b20-11-. The second-order valence-corrected chi connectivity index (χ2v) is 5.88. The summed E-state index contributed by atoms with van der Waals surface area (Å²) in [6, 6.07) is 18.3. The van der Waals surface area contributed by atoms with Crippen LogP contribution in [0.25, 0.3) is 10.8 Å². The molecule has 0 radical (unpaired) electrons. The van der Waals surface area contributed by atoms with Gasteiger partial charge in [0.05, 0.1) is 11.8 Å². The maximum atomic E-state index is 12.2. The van der Waals surface area contributed by atoms with Crippen molar-refractivity contribution in [2.24, 2.45) is 5.10 Å². The van der Waals surface area contributed by atoms with Crippen molar-refractivity contribution in [3.8, 4) is 5.75 Å². The molecule has 5 heteroatoms. The molecular formula is C18H13BrN2O2. The van der Waals surface area contributed by atoms with Crippen molar-refractivity contribution in [3.05, 3.63) is 76.3 Å². The highest BCUT2D eigenvalue weighted by Crippen LogP contribution is 2.24. The Morgan fingerprint density at radius 1 is 1.04 bits per heavy atom. The Kier molecular flexibility index (Phi) is 4.39. The molecule has 0 aromatic heterocycles. The molecule has 23 heavy (non-hydrogen) atoms. The minimum Gasteiger partial charge on any atom is -0.507 e. The fourth-order valence-corrected chi connectivity index (χ4v) is 2.45. The molecule has 3 rings (SSSR count). The number of carbonyl (C=O) groups is 1. The molecule has 0 fully saturated rings. The zero-order chi connectivity index (χ0) is 16.2. The molecule has 3 aromatic carbocycles. The SMILES string of the molecule is O=C(N/N=C\c1ccc(Br)cc1)c1cc2ccccc2cc1O. The number of hydrogen-bond acceptors (Lipinski definition) is 3. The summed E-state index contributed by atoms with van der Waals surface area (Å²) in [5, 5.41) is 15.7. The van der Waals surface area contributed by atoms with E-state index in [1.54, 1.807) is 18.3 Å². The highest BCUT2D eigenvalue weighted by Gasteiger charge is 2.11. The van der Waals surface area contributed by atoms with E-state index in [1.165, 1.54) is 0 Å². The van der Waals surface area contributed by atoms with Gasteiger partial charge in [-0.1, -0.05) is 52.3 Å². The summed E-state index contributed by atoms with van der Waals surface area (Å²) in [7, 11) is 0. The molecule has 0 saturated heterocycles. The van der Waals surface area contributed by atoms with E-state index < -0.39 is 5.91 Å². The number of halogens is 1. The number of hydrogen-bond donors (Lipinski definition) is 2. The second-order valence-electron chi connectivity index (χ2n) is 4.97. The summed E-state index contributed by atoms with van der Waals surface area (Å²) < 4.78 is 0.972. The Labute approximate surface area is 141 Å². The molecule has 0 spiro atoms. The number of phenols is 1. The Morgan fingerprint density at radius 3 is 2.39 bits per heavy atom. The lowest BCUT2D eigenvalue weighted by atomic mass is 10.1. The van der Waals surface area contributed by atoms with Crippen molar-refractivity contribution in [2.75, 3.05) is 0 Å². The molecule has 114 valence electrons. The van der Waals surface area contributed by atoms with Gasteiger partial charge in [0, 0.05) is 4.47 Å². The minimum absolute atomic E-state index is 0.0694. The van der Waals surface area contributed by atoms with E-state index in [0.717, 1.165) is 20.8 Å². The average molecular weight is 369 g/mol. The Hall–Kier alpha value is -2.66. The van der Waals surface area contributed by atoms with Gasteiger partial charge in [-0.25, -0.2) is 5.43 Å². The number of benzene rings is 3. The van der Waals surface area contributed by atoms with Crippen molar-refractivity contribution in [3.63, 3.8) is 0 Å². The Bertz CT molecular complexity index is 889. The molecule has 0 heterocycles. The van der Waals surface area contributed by atoms with E-state index in [-0.39, 0.29) is 11.3 Å². The molecule has 0 aliphatic carbocycles. The average Bonchev–Trinajstić information content (AvgIpc) is 2.56. The van der Waals surface area contributed by atoms with Crippen molar-refractivity contribution in [1.29, 1.82) is 0 Å². The van der Waals surface area contributed by atoms with Crippen molar-refractivity contribution in [1.82, 2.24) is 5.43 Å². The minimum atomic E-state index is -0.457. The zero-order valence-electron chi connectivity index (χ0n) is 12.0. The first-order chi connectivity index (χ1) is 11.1. The van der Waals surface area contributed by atoms with Crippen LogP contribution >= 0.6 is 15.9 Å². The largest absolute Gasteiger partial charge is 0.507 e. The lowest BCUT2D eigenvalue weighted by Crippen LogP contribution is -2.17. The Balaban J connectivity index is 1.78. The fourth-order valence-electron chi connectivity index (χ4n) is 2.18. The van der Waals surface area contributed by atoms with Gasteiger partial charge in [-0.3, -0.25) is 4.79 Å². The number of fused-ring (bicyclic) bond motifs is 1. The number of phenolic OH excluding ortho intramolecular Hbond substituents is 1. The molecule has 0 bridgehead atoms. The van der Waals surface area contributed by atoms with Gasteiger partial charge >= 0.3 is 0 Å². The van der Waals surface area contributed by atoms with Gasteiger partial charge in [0.2, 0.25) is 0 Å². The van der Waals surface area contributed by atoms with Crippen molar-refractivity contribution < 1.29 is 9.90 Å².